The normalized spacial score (nSPS) is 19.8. The van der Waals surface area contributed by atoms with Crippen molar-refractivity contribution < 1.29 is 77.3 Å². The van der Waals surface area contributed by atoms with Gasteiger partial charge in [0.15, 0.2) is 0 Å². The second kappa shape index (κ2) is 32.5. The Morgan fingerprint density at radius 1 is 0.458 bits per heavy atom. The van der Waals surface area contributed by atoms with Gasteiger partial charge >= 0.3 is 36.6 Å². The van der Waals surface area contributed by atoms with Crippen molar-refractivity contribution in [2.75, 3.05) is 58.9 Å². The topological polar surface area (TPSA) is 293 Å². The maximum Gasteiger partial charge on any atom is 0.410 e. The lowest BCUT2D eigenvalue weighted by atomic mass is 10.0. The number of carbonyl (C=O) groups excluding carboxylic acids is 7. The van der Waals surface area contributed by atoms with Crippen LogP contribution in [0.4, 0.5) is 28.8 Å². The van der Waals surface area contributed by atoms with Gasteiger partial charge in [0, 0.05) is 57.0 Å². The van der Waals surface area contributed by atoms with E-state index < -0.39 is 77.7 Å². The van der Waals surface area contributed by atoms with Crippen molar-refractivity contribution >= 4 is 42.5 Å². The number of nitrogens with zero attached hydrogens (tertiary/aromatic N) is 3. The van der Waals surface area contributed by atoms with E-state index in [0.29, 0.717) is 19.5 Å². The lowest BCUT2D eigenvalue weighted by Gasteiger charge is -2.24. The number of hydrogen-bond acceptors (Lipinski definition) is 16. The number of alkyl carbamates (subject to hydrolysis) is 3. The third kappa shape index (κ3) is 26.6. The monoisotopic (exact) mass is 1160 g/mol. The summed E-state index contributed by atoms with van der Waals surface area (Å²) in [6.45, 7) is 22.6. The van der Waals surface area contributed by atoms with Crippen LogP contribution in [0.25, 0.3) is 0 Å². The van der Waals surface area contributed by atoms with Crippen molar-refractivity contribution in [1.29, 1.82) is 0 Å². The summed E-state index contributed by atoms with van der Waals surface area (Å²) in [4.78, 5) is 89.2. The molecule has 0 unspecified atom stereocenters. The van der Waals surface area contributed by atoms with Crippen LogP contribution < -0.4 is 21.3 Å². The Morgan fingerprint density at radius 2 is 0.747 bits per heavy atom. The molecule has 6 rings (SSSR count). The molecule has 3 aromatic rings. The molecule has 460 valence electrons. The summed E-state index contributed by atoms with van der Waals surface area (Å²) in [5.41, 5.74) is 0.852. The summed E-state index contributed by atoms with van der Waals surface area (Å²) in [7, 11) is 0. The molecule has 3 fully saturated rings. The summed E-state index contributed by atoms with van der Waals surface area (Å²) in [6, 6.07) is 27.2. The van der Waals surface area contributed by atoms with Crippen LogP contribution in [0.3, 0.4) is 0 Å². The second-order valence-electron chi connectivity index (χ2n) is 24.2. The maximum atomic E-state index is 12.8. The molecule has 3 aromatic carbocycles. The van der Waals surface area contributed by atoms with Crippen molar-refractivity contribution in [2.24, 2.45) is 23.7 Å². The van der Waals surface area contributed by atoms with E-state index in [1.165, 1.54) is 14.7 Å². The van der Waals surface area contributed by atoms with Crippen molar-refractivity contribution in [2.45, 2.75) is 144 Å². The first-order valence-electron chi connectivity index (χ1n) is 28.1. The Kier molecular flexibility index (Phi) is 26.7. The molecule has 7 amide bonds. The standard InChI is InChI=1S/C24H37N3O6.2C18H26N2O5/c1-16(2)11-19(26-22(30)32-15-17-9-7-6-8-10-17)21(29)25-12-18-13-27(14-20(18)28)23(31)33-24(3,4)5;2*1-18(2,3)25-17(23)20-10-14(15(21)11-20)9-19-16(22)24-12-13-7-5-4-6-8-13/h6-10,16,18-20,28H,11-15H2,1-5H3,(H,25,29)(H,26,30);2*4-8,14-15,21H,9-12H2,1-3H3,(H,19,22)/t18-,19-,20+;2*14-,15+/m010/s1. The molecule has 0 aromatic heterocycles. The fourth-order valence-electron chi connectivity index (χ4n) is 8.53. The van der Waals surface area contributed by atoms with Crippen LogP contribution in [0.1, 0.15) is 99.3 Å². The van der Waals surface area contributed by atoms with Crippen LogP contribution in [0, 0.1) is 23.7 Å². The van der Waals surface area contributed by atoms with E-state index in [2.05, 4.69) is 21.3 Å². The van der Waals surface area contributed by atoms with Crippen LogP contribution in [0.5, 0.6) is 0 Å². The first-order chi connectivity index (χ1) is 38.9. The number of rotatable bonds is 16. The molecule has 23 heteroatoms. The maximum absolute atomic E-state index is 12.8. The molecular weight excluding hydrogens is 1070 g/mol. The molecule has 83 heavy (non-hydrogen) atoms. The highest BCUT2D eigenvalue weighted by atomic mass is 16.6. The molecule has 0 saturated carbocycles. The van der Waals surface area contributed by atoms with Gasteiger partial charge in [-0.25, -0.2) is 28.8 Å². The van der Waals surface area contributed by atoms with E-state index >= 15 is 0 Å². The summed E-state index contributed by atoms with van der Waals surface area (Å²) in [5.74, 6) is -1.03. The number of aliphatic hydroxyl groups is 3. The lowest BCUT2D eigenvalue weighted by Crippen LogP contribution is -2.49. The van der Waals surface area contributed by atoms with Crippen molar-refractivity contribution in [3.05, 3.63) is 108 Å². The molecule has 3 heterocycles. The molecule has 3 aliphatic heterocycles. The Hall–Kier alpha value is -7.37. The highest BCUT2D eigenvalue weighted by molar-refractivity contribution is 5.85. The molecule has 3 saturated heterocycles. The van der Waals surface area contributed by atoms with Crippen LogP contribution in [-0.4, -0.2) is 173 Å². The zero-order chi connectivity index (χ0) is 61.5. The van der Waals surface area contributed by atoms with E-state index in [-0.39, 0.29) is 95.2 Å². The predicted octanol–water partition coefficient (Wildman–Crippen LogP) is 6.95. The number of ether oxygens (including phenoxy) is 6. The zero-order valence-corrected chi connectivity index (χ0v) is 50.0. The van der Waals surface area contributed by atoms with Crippen molar-refractivity contribution in [3.63, 3.8) is 0 Å². The predicted molar refractivity (Wildman–Crippen MR) is 307 cm³/mol. The summed E-state index contributed by atoms with van der Waals surface area (Å²) >= 11 is 0. The molecule has 3 aliphatic rings. The highest BCUT2D eigenvalue weighted by Gasteiger charge is 2.39. The van der Waals surface area contributed by atoms with Gasteiger partial charge in [-0.2, -0.15) is 0 Å². The van der Waals surface area contributed by atoms with Gasteiger partial charge in [0.25, 0.3) is 0 Å². The number of amides is 7. The van der Waals surface area contributed by atoms with E-state index in [4.69, 9.17) is 28.4 Å². The lowest BCUT2D eigenvalue weighted by molar-refractivity contribution is -0.123. The Bertz CT molecular complexity index is 2400. The van der Waals surface area contributed by atoms with Crippen molar-refractivity contribution in [3.8, 4) is 0 Å². The SMILES string of the molecule is CC(C)(C)OC(=O)N1C[C@@H](CNC(=O)OCc2ccccc2)[C@@H](O)C1.CC(C)(C)OC(=O)N1C[C@H](CNC(=O)OCc2ccccc2)[C@H](O)C1.CC(C)C[C@H](NC(=O)OCc1ccccc1)C(=O)NC[C@H]1CN(C(=O)OC(C)(C)C)C[C@H]1O. The molecule has 7 N–H and O–H groups in total. The van der Waals surface area contributed by atoms with Gasteiger partial charge in [-0.1, -0.05) is 105 Å². The van der Waals surface area contributed by atoms with Gasteiger partial charge in [-0.05, 0) is 91.3 Å². The van der Waals surface area contributed by atoms with Crippen molar-refractivity contribution in [1.82, 2.24) is 36.0 Å². The van der Waals surface area contributed by atoms with Crippen LogP contribution >= 0.6 is 0 Å². The minimum atomic E-state index is -0.773. The first-order valence-corrected chi connectivity index (χ1v) is 28.1. The van der Waals surface area contributed by atoms with Gasteiger partial charge in [-0.15, -0.1) is 0 Å². The summed E-state index contributed by atoms with van der Waals surface area (Å²) in [5, 5.41) is 41.2. The van der Waals surface area contributed by atoms with Gasteiger partial charge in [-0.3, -0.25) is 4.79 Å². The van der Waals surface area contributed by atoms with E-state index in [1.807, 2.05) is 105 Å². The second-order valence-corrected chi connectivity index (χ2v) is 24.2. The van der Waals surface area contributed by atoms with E-state index in [0.717, 1.165) is 16.7 Å². The van der Waals surface area contributed by atoms with Gasteiger partial charge in [0.05, 0.1) is 37.9 Å². The van der Waals surface area contributed by atoms with Gasteiger partial charge in [0.2, 0.25) is 5.91 Å². The number of likely N-dealkylation sites (tertiary alicyclic amines) is 3. The molecule has 0 aliphatic carbocycles. The smallest absolute Gasteiger partial charge is 0.410 e. The Balaban J connectivity index is 0.000000271. The molecule has 7 atom stereocenters. The third-order valence-corrected chi connectivity index (χ3v) is 12.7. The molecule has 0 spiro atoms. The zero-order valence-electron chi connectivity index (χ0n) is 50.0. The number of benzene rings is 3. The fraction of sp³-hybridized carbons (Fsp3) is 0.583. The summed E-state index contributed by atoms with van der Waals surface area (Å²) < 4.78 is 31.4. The molecule has 23 nitrogen and oxygen atoms in total. The number of carbonyl (C=O) groups is 7. The quantitative estimate of drug-likeness (QED) is 0.0714. The van der Waals surface area contributed by atoms with E-state index in [9.17, 15) is 48.9 Å². The average molecular weight is 1160 g/mol. The average Bonchev–Trinajstić information content (AvgIpc) is 4.32. The van der Waals surface area contributed by atoms with Crippen LogP contribution in [0.15, 0.2) is 91.0 Å². The third-order valence-electron chi connectivity index (χ3n) is 12.7. The molecule has 0 radical (unpaired) electrons. The first kappa shape index (κ1) is 68.1. The fourth-order valence-corrected chi connectivity index (χ4v) is 8.53. The van der Waals surface area contributed by atoms with Crippen LogP contribution in [0.2, 0.25) is 0 Å². The number of nitrogens with one attached hydrogen (secondary N) is 4. The minimum Gasteiger partial charge on any atom is -0.445 e. The molecule has 0 bridgehead atoms. The number of hydrogen-bond donors (Lipinski definition) is 7. The summed E-state index contributed by atoms with van der Waals surface area (Å²) in [6.07, 6.45) is -4.93. The van der Waals surface area contributed by atoms with Gasteiger partial charge < -0.3 is 79.7 Å². The minimum absolute atomic E-state index is 0.109. The van der Waals surface area contributed by atoms with E-state index in [1.54, 1.807) is 62.3 Å². The number of aliphatic hydroxyl groups excluding tert-OH is 3. The Labute approximate surface area is 488 Å². The largest absolute Gasteiger partial charge is 0.445 e. The highest BCUT2D eigenvalue weighted by Crippen LogP contribution is 2.23. The Morgan fingerprint density at radius 3 is 1.04 bits per heavy atom. The number of β-amino-alcohol motifs (C(OH)–C–C–N with tert-alkyl or cyclic N) is 3. The molecular formula is C60H89N7O16. The van der Waals surface area contributed by atoms with Gasteiger partial charge in [0.1, 0.15) is 42.7 Å². The van der Waals surface area contributed by atoms with Crippen LogP contribution in [-0.2, 0) is 53.0 Å².